The average molecular weight is 388 g/mol. The molecular weight excluding hydrogens is 366 g/mol. The maximum Gasteiger partial charge on any atom is 0.259 e. The Bertz CT molecular complexity index is 1050. The van der Waals surface area contributed by atoms with Gasteiger partial charge in [0.05, 0.1) is 24.8 Å². The quantitative estimate of drug-likeness (QED) is 0.726. The van der Waals surface area contributed by atoms with Crippen LogP contribution in [0.5, 0.6) is 11.5 Å². The molecule has 0 saturated carbocycles. The fourth-order valence-corrected chi connectivity index (χ4v) is 3.66. The highest BCUT2D eigenvalue weighted by Crippen LogP contribution is 2.42. The van der Waals surface area contributed by atoms with Gasteiger partial charge >= 0.3 is 0 Å². The van der Waals surface area contributed by atoms with E-state index in [0.29, 0.717) is 40.7 Å². The molecule has 0 atom stereocenters. The highest BCUT2D eigenvalue weighted by Gasteiger charge is 2.21. The summed E-state index contributed by atoms with van der Waals surface area (Å²) in [5.41, 5.74) is 9.03. The van der Waals surface area contributed by atoms with Gasteiger partial charge in [-0.05, 0) is 26.0 Å². The summed E-state index contributed by atoms with van der Waals surface area (Å²) in [5, 5.41) is 1.20. The first-order valence-corrected chi connectivity index (χ1v) is 8.92. The van der Waals surface area contributed by atoms with Crippen molar-refractivity contribution in [3.05, 3.63) is 51.0 Å². The fraction of sp³-hybridized carbons (Fsp3) is 0.300. The number of methoxy groups -OCH3 is 2. The highest BCUT2D eigenvalue weighted by atomic mass is 35.5. The smallest absolute Gasteiger partial charge is 0.259 e. The monoisotopic (exact) mass is 387 g/mol. The van der Waals surface area contributed by atoms with E-state index in [2.05, 4.69) is 4.98 Å². The molecule has 2 heterocycles. The summed E-state index contributed by atoms with van der Waals surface area (Å²) in [6.07, 6.45) is 1.75. The Hall–Kier alpha value is -2.57. The molecule has 0 spiro atoms. The van der Waals surface area contributed by atoms with Gasteiger partial charge in [0, 0.05) is 53.1 Å². The van der Waals surface area contributed by atoms with E-state index < -0.39 is 0 Å². The number of hydrogen-bond acceptors (Lipinski definition) is 5. The summed E-state index contributed by atoms with van der Waals surface area (Å²) in [5.74, 6) is 1.04. The van der Waals surface area contributed by atoms with Crippen LogP contribution in [-0.4, -0.2) is 30.3 Å². The van der Waals surface area contributed by atoms with Crippen LogP contribution in [0, 0.1) is 13.8 Å². The normalized spacial score (nSPS) is 11.0. The second kappa shape index (κ2) is 7.58. The molecule has 7 heteroatoms. The van der Waals surface area contributed by atoms with E-state index in [1.54, 1.807) is 23.9 Å². The van der Waals surface area contributed by atoms with Crippen LogP contribution in [0.2, 0.25) is 5.02 Å². The van der Waals surface area contributed by atoms with Gasteiger partial charge in [-0.15, -0.1) is 0 Å². The molecule has 1 aromatic carbocycles. The number of halogens is 1. The maximum absolute atomic E-state index is 13.3. The standard InChI is InChI=1S/C20H22ClN3O3/c1-11-7-15-13(10-23-11)8-14(20(25)24(15)6-5-22)18-12(2)16(26-3)9-17(27-4)19(18)21/h7-10H,5-6,22H2,1-4H3. The third-order valence-electron chi connectivity index (χ3n) is 4.62. The van der Waals surface area contributed by atoms with E-state index in [0.717, 1.165) is 22.2 Å². The van der Waals surface area contributed by atoms with Crippen LogP contribution in [0.25, 0.3) is 22.0 Å². The fourth-order valence-electron chi connectivity index (χ4n) is 3.29. The van der Waals surface area contributed by atoms with Gasteiger partial charge in [0.1, 0.15) is 11.5 Å². The van der Waals surface area contributed by atoms with Gasteiger partial charge in [-0.25, -0.2) is 0 Å². The van der Waals surface area contributed by atoms with Crippen molar-refractivity contribution in [1.82, 2.24) is 9.55 Å². The topological polar surface area (TPSA) is 79.4 Å². The van der Waals surface area contributed by atoms with Crippen LogP contribution in [-0.2, 0) is 6.54 Å². The first kappa shape index (κ1) is 19.2. The van der Waals surface area contributed by atoms with Crippen molar-refractivity contribution in [2.24, 2.45) is 5.73 Å². The summed E-state index contributed by atoms with van der Waals surface area (Å²) in [4.78, 5) is 17.7. The van der Waals surface area contributed by atoms with Gasteiger partial charge < -0.3 is 19.8 Å². The van der Waals surface area contributed by atoms with Crippen LogP contribution >= 0.6 is 11.6 Å². The third-order valence-corrected chi connectivity index (χ3v) is 4.99. The first-order chi connectivity index (χ1) is 12.9. The van der Waals surface area contributed by atoms with Crippen molar-refractivity contribution in [3.8, 4) is 22.6 Å². The first-order valence-electron chi connectivity index (χ1n) is 8.54. The Morgan fingerprint density at radius 2 is 1.85 bits per heavy atom. The Morgan fingerprint density at radius 3 is 2.48 bits per heavy atom. The molecule has 27 heavy (non-hydrogen) atoms. The molecule has 2 N–H and O–H groups in total. The Morgan fingerprint density at radius 1 is 1.15 bits per heavy atom. The minimum atomic E-state index is -0.168. The van der Waals surface area contributed by atoms with E-state index >= 15 is 0 Å². The average Bonchev–Trinajstić information content (AvgIpc) is 2.65. The number of fused-ring (bicyclic) bond motifs is 1. The van der Waals surface area contributed by atoms with Crippen molar-refractivity contribution < 1.29 is 9.47 Å². The number of hydrogen-bond donors (Lipinski definition) is 1. The van der Waals surface area contributed by atoms with Crippen LogP contribution in [0.4, 0.5) is 0 Å². The molecule has 0 fully saturated rings. The Kier molecular flexibility index (Phi) is 5.39. The molecule has 0 aliphatic rings. The lowest BCUT2D eigenvalue weighted by Crippen LogP contribution is -2.26. The molecule has 2 aromatic heterocycles. The van der Waals surface area contributed by atoms with E-state index in [9.17, 15) is 4.79 Å². The number of pyridine rings is 2. The number of nitrogens with zero attached hydrogens (tertiary/aromatic N) is 2. The van der Waals surface area contributed by atoms with Crippen molar-refractivity contribution >= 4 is 22.5 Å². The molecule has 0 radical (unpaired) electrons. The second-order valence-electron chi connectivity index (χ2n) is 6.28. The maximum atomic E-state index is 13.3. The van der Waals surface area contributed by atoms with Crippen molar-refractivity contribution in [2.45, 2.75) is 20.4 Å². The number of aromatic nitrogens is 2. The minimum Gasteiger partial charge on any atom is -0.496 e. The molecule has 3 aromatic rings. The lowest BCUT2D eigenvalue weighted by atomic mass is 9.98. The molecular formula is C20H22ClN3O3. The molecule has 0 bridgehead atoms. The second-order valence-corrected chi connectivity index (χ2v) is 6.66. The Balaban J connectivity index is 2.44. The molecule has 0 aliphatic carbocycles. The lowest BCUT2D eigenvalue weighted by Gasteiger charge is -2.18. The van der Waals surface area contributed by atoms with Crippen LogP contribution in [0.15, 0.2) is 29.2 Å². The molecule has 3 rings (SSSR count). The van der Waals surface area contributed by atoms with Crippen LogP contribution in [0.3, 0.4) is 0 Å². The number of rotatable bonds is 5. The molecule has 0 aliphatic heterocycles. The summed E-state index contributed by atoms with van der Waals surface area (Å²) in [6, 6.07) is 5.41. The molecule has 0 saturated heterocycles. The van der Waals surface area contributed by atoms with Crippen molar-refractivity contribution in [1.29, 1.82) is 0 Å². The SMILES string of the molecule is COc1cc(OC)c(Cl)c(-c2cc3cnc(C)cc3n(CCN)c2=O)c1C. The number of nitrogens with two attached hydrogens (primary N) is 1. The van der Waals surface area contributed by atoms with Gasteiger partial charge in [0.2, 0.25) is 0 Å². The summed E-state index contributed by atoms with van der Waals surface area (Å²) in [7, 11) is 3.10. The van der Waals surface area contributed by atoms with Gasteiger partial charge in [-0.1, -0.05) is 11.6 Å². The van der Waals surface area contributed by atoms with Gasteiger partial charge in [-0.3, -0.25) is 9.78 Å². The van der Waals surface area contributed by atoms with Crippen molar-refractivity contribution in [2.75, 3.05) is 20.8 Å². The number of aryl methyl sites for hydroxylation is 1. The van der Waals surface area contributed by atoms with Crippen LogP contribution in [0.1, 0.15) is 11.3 Å². The molecule has 142 valence electrons. The van der Waals surface area contributed by atoms with Gasteiger partial charge in [0.25, 0.3) is 5.56 Å². The van der Waals surface area contributed by atoms with E-state index in [4.69, 9.17) is 26.8 Å². The summed E-state index contributed by atoms with van der Waals surface area (Å²) >= 11 is 6.59. The summed E-state index contributed by atoms with van der Waals surface area (Å²) in [6.45, 7) is 4.49. The van der Waals surface area contributed by atoms with Gasteiger partial charge in [-0.2, -0.15) is 0 Å². The zero-order valence-corrected chi connectivity index (χ0v) is 16.6. The minimum absolute atomic E-state index is 0.168. The zero-order valence-electron chi connectivity index (χ0n) is 15.8. The zero-order chi connectivity index (χ0) is 19.7. The van der Waals surface area contributed by atoms with Crippen LogP contribution < -0.4 is 20.8 Å². The predicted molar refractivity (Wildman–Crippen MR) is 108 cm³/mol. The molecule has 6 nitrogen and oxygen atoms in total. The van der Waals surface area contributed by atoms with Crippen molar-refractivity contribution in [3.63, 3.8) is 0 Å². The highest BCUT2D eigenvalue weighted by molar-refractivity contribution is 6.35. The predicted octanol–water partition coefficient (Wildman–Crippen LogP) is 3.31. The molecule has 0 unspecified atom stereocenters. The lowest BCUT2D eigenvalue weighted by molar-refractivity contribution is 0.393. The molecule has 0 amide bonds. The van der Waals surface area contributed by atoms with Gasteiger partial charge in [0.15, 0.2) is 0 Å². The Labute approximate surface area is 162 Å². The van der Waals surface area contributed by atoms with E-state index in [1.165, 1.54) is 7.11 Å². The number of ether oxygens (including phenoxy) is 2. The number of benzene rings is 1. The summed E-state index contributed by atoms with van der Waals surface area (Å²) < 4.78 is 12.5. The van der Waals surface area contributed by atoms with E-state index in [1.807, 2.05) is 26.0 Å². The third kappa shape index (κ3) is 3.26. The largest absolute Gasteiger partial charge is 0.496 e. The van der Waals surface area contributed by atoms with E-state index in [-0.39, 0.29) is 5.56 Å².